The van der Waals surface area contributed by atoms with Gasteiger partial charge in [0.15, 0.2) is 0 Å². The van der Waals surface area contributed by atoms with Crippen LogP contribution in [0.4, 0.5) is 23.2 Å². The zero-order valence-corrected chi connectivity index (χ0v) is 32.5. The number of hydrogen-bond donors (Lipinski definition) is 3. The molecule has 17 heteroatoms. The number of carbonyl (C=O) groups is 3. The van der Waals surface area contributed by atoms with Crippen molar-refractivity contribution >= 4 is 39.8 Å². The second-order valence-electron chi connectivity index (χ2n) is 16.3. The van der Waals surface area contributed by atoms with Crippen LogP contribution in [0, 0.1) is 23.0 Å². The smallest absolute Gasteiger partial charge is 0.275 e. The molecule has 59 heavy (non-hydrogen) atoms. The fourth-order valence-corrected chi connectivity index (χ4v) is 8.78. The van der Waals surface area contributed by atoms with Gasteiger partial charge in [0.25, 0.3) is 11.8 Å². The van der Waals surface area contributed by atoms with Crippen LogP contribution >= 0.6 is 0 Å². The van der Waals surface area contributed by atoms with E-state index in [0.29, 0.717) is 65.9 Å². The number of aliphatic hydroxyl groups is 1. The van der Waals surface area contributed by atoms with E-state index < -0.39 is 59.4 Å². The topological polar surface area (TPSA) is 161 Å². The van der Waals surface area contributed by atoms with Gasteiger partial charge in [-0.1, -0.05) is 0 Å². The van der Waals surface area contributed by atoms with Gasteiger partial charge in [0, 0.05) is 61.0 Å². The zero-order valence-electron chi connectivity index (χ0n) is 32.5. The van der Waals surface area contributed by atoms with Crippen LogP contribution in [0.25, 0.3) is 16.4 Å². The summed E-state index contributed by atoms with van der Waals surface area (Å²) in [5, 5.41) is 35.1. The molecule has 3 fully saturated rings. The lowest BCUT2D eigenvalue weighted by atomic mass is 9.89. The van der Waals surface area contributed by atoms with Gasteiger partial charge in [-0.25, -0.2) is 22.1 Å². The minimum Gasteiger partial charge on any atom is -0.386 e. The van der Waals surface area contributed by atoms with Crippen LogP contribution in [0.1, 0.15) is 90.7 Å². The van der Waals surface area contributed by atoms with E-state index in [9.17, 15) is 24.8 Å². The summed E-state index contributed by atoms with van der Waals surface area (Å²) in [7, 11) is 0. The Morgan fingerprint density at radius 2 is 1.80 bits per heavy atom. The van der Waals surface area contributed by atoms with Gasteiger partial charge in [0.05, 0.1) is 52.9 Å². The van der Waals surface area contributed by atoms with Crippen LogP contribution in [-0.2, 0) is 21.6 Å². The highest BCUT2D eigenvalue weighted by Crippen LogP contribution is 2.37. The second kappa shape index (κ2) is 15.5. The monoisotopic (exact) mass is 813 g/mol. The molecule has 0 bridgehead atoms. The molecular weight excluding hydrogens is 771 g/mol. The van der Waals surface area contributed by atoms with E-state index in [1.54, 1.807) is 49.1 Å². The Balaban J connectivity index is 0.888. The summed E-state index contributed by atoms with van der Waals surface area (Å²) in [6, 6.07) is 11.7. The van der Waals surface area contributed by atoms with Crippen LogP contribution in [0.3, 0.4) is 0 Å². The molecule has 0 saturated carbocycles. The number of aromatic nitrogens is 4. The number of halogens is 4. The first-order chi connectivity index (χ1) is 28.1. The predicted molar refractivity (Wildman–Crippen MR) is 208 cm³/mol. The Labute approximate surface area is 336 Å². The normalized spacial score (nSPS) is 20.8. The summed E-state index contributed by atoms with van der Waals surface area (Å²) in [5.41, 5.74) is 1.21. The highest BCUT2D eigenvalue weighted by atomic mass is 19.3. The van der Waals surface area contributed by atoms with Crippen molar-refractivity contribution in [3.8, 4) is 6.07 Å². The van der Waals surface area contributed by atoms with Crippen LogP contribution < -0.4 is 10.6 Å². The third-order valence-electron chi connectivity index (χ3n) is 11.8. The molecule has 2 atom stereocenters. The lowest BCUT2D eigenvalue weighted by Crippen LogP contribution is -2.59. The van der Waals surface area contributed by atoms with E-state index in [2.05, 4.69) is 15.7 Å². The Morgan fingerprint density at radius 1 is 1.05 bits per heavy atom. The van der Waals surface area contributed by atoms with Crippen LogP contribution in [-0.4, -0.2) is 96.7 Å². The van der Waals surface area contributed by atoms with Crippen LogP contribution in [0.5, 0.6) is 0 Å². The maximum atomic E-state index is 15.8. The average molecular weight is 814 g/mol. The quantitative estimate of drug-likeness (QED) is 0.130. The molecule has 2 aromatic carbocycles. The van der Waals surface area contributed by atoms with Crippen molar-refractivity contribution in [2.45, 2.75) is 81.9 Å². The van der Waals surface area contributed by atoms with Gasteiger partial charge in [0.2, 0.25) is 11.8 Å². The van der Waals surface area contributed by atoms with Gasteiger partial charge < -0.3 is 10.4 Å². The number of benzene rings is 2. The summed E-state index contributed by atoms with van der Waals surface area (Å²) in [6.07, 6.45) is 4.77. The van der Waals surface area contributed by atoms with Crippen LogP contribution in [0.15, 0.2) is 54.9 Å². The Kier molecular flexibility index (Phi) is 10.5. The number of nitrogens with one attached hydrogen (secondary N) is 2. The van der Waals surface area contributed by atoms with Crippen molar-refractivity contribution in [2.24, 2.45) is 0 Å². The lowest BCUT2D eigenvalue weighted by molar-refractivity contribution is -0.134. The summed E-state index contributed by atoms with van der Waals surface area (Å²) >= 11 is 0. The molecule has 8 rings (SSSR count). The SMILES string of the molecule is CC(C)(O)c1cc2nn(C3CCN([C@@H]4CCN(CCc5cc(F)c([C@H]6CCC(=O)NC6=O)c(F)c5)CC4(F)F)CC3)cc2cc1NC(=O)c1ccc2cc(C#N)cnn12. The summed E-state index contributed by atoms with van der Waals surface area (Å²) in [6.45, 7) is 4.19. The molecule has 3 saturated heterocycles. The molecule has 0 spiro atoms. The number of nitriles is 1. The highest BCUT2D eigenvalue weighted by molar-refractivity contribution is 6.05. The summed E-state index contributed by atoms with van der Waals surface area (Å²) in [4.78, 5) is 40.6. The minimum atomic E-state index is -3.02. The standard InChI is InChI=1S/C42H43F4N9O4/c1-41(2,59)30-19-33-26(18-34(30)49-40(58)35-5-3-28-15-25(20-47)21-48-55(28)35)22-54(51-33)27-8-13-53(14-9-27)36-10-12-52(23-42(36,45)46)11-7-24-16-31(43)38(32(44)17-24)29-4-6-37(56)50-39(29)57/h3,5,15-19,21-22,27,29,36,59H,4,6-14,23H2,1-2H3,(H,49,58)(H,50,56,57)/t29-,36-/m1/s1. The molecule has 13 nitrogen and oxygen atoms in total. The van der Waals surface area contributed by atoms with E-state index in [4.69, 9.17) is 5.10 Å². The Bertz CT molecular complexity index is 2490. The molecule has 6 heterocycles. The fraction of sp³-hybridized carbons (Fsp3) is 0.429. The van der Waals surface area contributed by atoms with Gasteiger partial charge in [0.1, 0.15) is 23.4 Å². The molecular formula is C42H43F4N9O4. The lowest BCUT2D eigenvalue weighted by Gasteiger charge is -2.45. The molecule has 3 aliphatic heterocycles. The van der Waals surface area contributed by atoms with Gasteiger partial charge in [-0.2, -0.15) is 15.5 Å². The first kappa shape index (κ1) is 40.1. The number of piperidine rings is 3. The Morgan fingerprint density at radius 3 is 2.47 bits per heavy atom. The number of alkyl halides is 2. The molecule has 0 unspecified atom stereocenters. The van der Waals surface area contributed by atoms with E-state index in [1.807, 2.05) is 21.8 Å². The molecule has 3 aromatic heterocycles. The van der Waals surface area contributed by atoms with Crippen LogP contribution in [0.2, 0.25) is 0 Å². The second-order valence-corrected chi connectivity index (χ2v) is 16.3. The number of imide groups is 1. The van der Waals surface area contributed by atoms with E-state index in [-0.39, 0.29) is 49.5 Å². The summed E-state index contributed by atoms with van der Waals surface area (Å²) in [5.74, 6) is -7.60. The number of fused-ring (bicyclic) bond motifs is 2. The highest BCUT2D eigenvalue weighted by Gasteiger charge is 2.48. The zero-order chi connectivity index (χ0) is 41.8. The largest absolute Gasteiger partial charge is 0.386 e. The summed E-state index contributed by atoms with van der Waals surface area (Å²) < 4.78 is 64.8. The van der Waals surface area contributed by atoms with E-state index >= 15 is 17.6 Å². The van der Waals surface area contributed by atoms with Crippen molar-refractivity contribution in [1.82, 2.24) is 34.5 Å². The van der Waals surface area contributed by atoms with Gasteiger partial charge in [-0.05, 0) is 94.0 Å². The molecule has 0 aliphatic carbocycles. The van der Waals surface area contributed by atoms with Crippen molar-refractivity contribution in [1.29, 1.82) is 5.26 Å². The van der Waals surface area contributed by atoms with Crippen molar-refractivity contribution in [2.75, 3.05) is 38.0 Å². The maximum Gasteiger partial charge on any atom is 0.275 e. The maximum absolute atomic E-state index is 15.8. The molecule has 3 N–H and O–H groups in total. The van der Waals surface area contributed by atoms with Crippen molar-refractivity contribution < 1.29 is 37.1 Å². The van der Waals surface area contributed by atoms with E-state index in [0.717, 1.165) is 17.5 Å². The van der Waals surface area contributed by atoms with Crippen molar-refractivity contribution in [3.63, 3.8) is 0 Å². The first-order valence-electron chi connectivity index (χ1n) is 19.7. The molecule has 3 aliphatic rings. The van der Waals surface area contributed by atoms with E-state index in [1.165, 1.54) is 10.7 Å². The fourth-order valence-electron chi connectivity index (χ4n) is 8.78. The number of carbonyl (C=O) groups excluding carboxylic acids is 3. The number of hydrogen-bond acceptors (Lipinski definition) is 9. The molecule has 3 amide bonds. The molecule has 0 radical (unpaired) electrons. The molecule has 308 valence electrons. The third kappa shape index (κ3) is 8.04. The number of rotatable bonds is 9. The number of amides is 3. The predicted octanol–water partition coefficient (Wildman–Crippen LogP) is 5.42. The average Bonchev–Trinajstić information content (AvgIpc) is 3.81. The Hall–Kier alpha value is -5.70. The van der Waals surface area contributed by atoms with Gasteiger partial charge in [-0.15, -0.1) is 0 Å². The van der Waals surface area contributed by atoms with Gasteiger partial charge >= 0.3 is 0 Å². The number of nitrogens with zero attached hydrogens (tertiary/aromatic N) is 7. The third-order valence-corrected chi connectivity index (χ3v) is 11.8. The number of anilines is 1. The minimum absolute atomic E-state index is 0.00835. The first-order valence-corrected chi connectivity index (χ1v) is 19.7. The number of likely N-dealkylation sites (tertiary alicyclic amines) is 2. The molecule has 5 aromatic rings. The van der Waals surface area contributed by atoms with Gasteiger partial charge in [-0.3, -0.25) is 34.2 Å². The van der Waals surface area contributed by atoms with Crippen molar-refractivity contribution in [3.05, 3.63) is 94.4 Å².